The van der Waals surface area contributed by atoms with Gasteiger partial charge < -0.3 is 19.3 Å². The lowest BCUT2D eigenvalue weighted by Gasteiger charge is -2.36. The van der Waals surface area contributed by atoms with Gasteiger partial charge in [-0.05, 0) is 27.7 Å². The normalized spacial score (nSPS) is 14.1. The van der Waals surface area contributed by atoms with Crippen molar-refractivity contribution >= 4 is 8.53 Å². The van der Waals surface area contributed by atoms with Gasteiger partial charge in [-0.1, -0.05) is 14.8 Å². The number of rotatable bonds is 12. The van der Waals surface area contributed by atoms with Crippen LogP contribution in [0.15, 0.2) is 0 Å². The van der Waals surface area contributed by atoms with E-state index in [0.717, 1.165) is 0 Å². The van der Waals surface area contributed by atoms with Crippen molar-refractivity contribution in [3.63, 3.8) is 0 Å². The molecule has 0 aromatic carbocycles. The van der Waals surface area contributed by atoms with Crippen molar-refractivity contribution in [1.82, 2.24) is 4.67 Å². The van der Waals surface area contributed by atoms with Gasteiger partial charge in [-0.25, -0.2) is 4.67 Å². The molecule has 0 bridgehead atoms. The van der Waals surface area contributed by atoms with Crippen molar-refractivity contribution in [2.75, 3.05) is 19.8 Å². The topological polar surface area (TPSA) is 86.0 Å². The lowest BCUT2D eigenvalue weighted by atomic mass is 10.3. The highest BCUT2D eigenvalue weighted by molar-refractivity contribution is 7.44. The van der Waals surface area contributed by atoms with Crippen molar-refractivity contribution in [2.24, 2.45) is 0 Å². The zero-order valence-corrected chi connectivity index (χ0v) is 14.9. The summed E-state index contributed by atoms with van der Waals surface area (Å²) in [4.78, 5) is 0. The van der Waals surface area contributed by atoms with Crippen LogP contribution in [0.3, 0.4) is 0 Å². The van der Waals surface area contributed by atoms with E-state index in [9.17, 15) is 0 Å². The van der Waals surface area contributed by atoms with Crippen LogP contribution >= 0.6 is 8.53 Å². The van der Waals surface area contributed by atoms with Crippen LogP contribution in [0.5, 0.6) is 0 Å². The summed E-state index contributed by atoms with van der Waals surface area (Å²) < 4.78 is 38.7. The number of aliphatic hydroxyl groups excluding tert-OH is 2. The Kier molecular flexibility index (Phi) is 11.9. The van der Waals surface area contributed by atoms with E-state index >= 15 is 0 Å². The predicted octanol–water partition coefficient (Wildman–Crippen LogP) is 2.90. The molecule has 7 heteroatoms. The molecule has 0 aliphatic carbocycles. The first kappa shape index (κ1) is 17.1. The smallest absolute Gasteiger partial charge is 0.259 e. The third-order valence-electron chi connectivity index (χ3n) is 2.27. The summed E-state index contributed by atoms with van der Waals surface area (Å²) in [5.74, 6) is 0. The van der Waals surface area contributed by atoms with Gasteiger partial charge in [0.1, 0.15) is 6.10 Å². The number of aliphatic hydroxyl groups is 2. The molecule has 2 N–H and O–H groups in total. The van der Waals surface area contributed by atoms with E-state index in [2.05, 4.69) is 14.9 Å². The zero-order valence-electron chi connectivity index (χ0n) is 18.0. The van der Waals surface area contributed by atoms with Gasteiger partial charge in [0, 0.05) is 14.8 Å². The average Bonchev–Trinajstić information content (AvgIpc) is 2.58. The van der Waals surface area contributed by atoms with Gasteiger partial charge in [-0.15, -0.1) is 0 Å². The zero-order chi connectivity index (χ0) is 20.3. The standard InChI is InChI=1S/C12H25N2O4P.2CH4/c1-10(2)14(11(3)4)19(17-7-5-6-13)18-12(8-15)9-16;;/h10-12,15-16H,5,7-9H2,1-4H3;2*1H4/i15D,16D;2*1T. The molecule has 0 fully saturated rings. The minimum atomic E-state index is -1.42. The van der Waals surface area contributed by atoms with E-state index in [4.69, 9.17) is 19.9 Å². The Morgan fingerprint density at radius 2 is 1.81 bits per heavy atom. The highest BCUT2D eigenvalue weighted by atomic mass is 31.2. The van der Waals surface area contributed by atoms with Crippen LogP contribution in [0.4, 0.5) is 0 Å². The molecule has 0 spiro atoms. The van der Waals surface area contributed by atoms with Gasteiger partial charge in [-0.2, -0.15) is 5.26 Å². The second-order valence-electron chi connectivity index (χ2n) is 4.61. The number of nitrogens with zero attached hydrogens (tertiary/aromatic N) is 2. The van der Waals surface area contributed by atoms with Crippen LogP contribution in [0, 0.1) is 11.3 Å². The van der Waals surface area contributed by atoms with E-state index < -0.39 is 14.6 Å². The largest absolute Gasteiger partial charge is 0.394 e. The first-order chi connectivity index (χ1) is 12.0. The number of hydrogen-bond acceptors (Lipinski definition) is 6. The predicted molar refractivity (Wildman–Crippen MR) is 87.7 cm³/mol. The highest BCUT2D eigenvalue weighted by Gasteiger charge is 2.29. The van der Waals surface area contributed by atoms with E-state index in [-0.39, 0.29) is 38.3 Å². The minimum Gasteiger partial charge on any atom is -0.394 e. The molecule has 0 aliphatic heterocycles. The molecule has 0 saturated carbocycles. The van der Waals surface area contributed by atoms with Gasteiger partial charge in [0.25, 0.3) is 8.53 Å². The summed E-state index contributed by atoms with van der Waals surface area (Å²) in [6, 6.07) is 2.40. The lowest BCUT2D eigenvalue weighted by molar-refractivity contribution is 0.0451. The Morgan fingerprint density at radius 3 is 2.19 bits per heavy atom. The van der Waals surface area contributed by atoms with E-state index in [0.29, 0.717) is 0 Å². The Bertz CT molecular complexity index is 299. The molecular weight excluding hydrogens is 291 g/mol. The monoisotopic (exact) mass is 330 g/mol. The Balaban J connectivity index is -0.00000112. The molecule has 0 aromatic heterocycles. The summed E-state index contributed by atoms with van der Waals surface area (Å²) in [5, 5.41) is 17.3. The Morgan fingerprint density at radius 1 is 1.29 bits per heavy atom. The van der Waals surface area contributed by atoms with Crippen molar-refractivity contribution in [2.45, 2.75) is 67.1 Å². The maximum absolute atomic E-state index is 8.62. The fraction of sp³-hybridized carbons (Fsp3) is 0.929. The second kappa shape index (κ2) is 14.6. The summed E-state index contributed by atoms with van der Waals surface area (Å²) in [7, 11) is 1.08. The third kappa shape index (κ3) is 10.1. The highest BCUT2D eigenvalue weighted by Crippen LogP contribution is 2.46. The summed E-state index contributed by atoms with van der Waals surface area (Å²) in [6.07, 6.45) is -0.283. The van der Waals surface area contributed by atoms with Crippen LogP contribution < -0.4 is 0 Å². The minimum absolute atomic E-state index is 0.0106. The molecular formula is C14H33N2O4P. The Hall–Kier alpha value is -0.280. The molecule has 0 aliphatic rings. The van der Waals surface area contributed by atoms with Crippen LogP contribution in [0.25, 0.3) is 0 Å². The van der Waals surface area contributed by atoms with Crippen molar-refractivity contribution in [3.8, 4) is 6.07 Å². The van der Waals surface area contributed by atoms with Crippen LogP contribution in [-0.4, -0.2) is 55.8 Å². The van der Waals surface area contributed by atoms with Crippen molar-refractivity contribution in [3.05, 3.63) is 0 Å². The van der Waals surface area contributed by atoms with E-state index in [1.54, 1.807) is 0 Å². The van der Waals surface area contributed by atoms with Crippen LogP contribution in [-0.2, 0) is 9.05 Å². The second-order valence-corrected chi connectivity index (χ2v) is 6.01. The quantitative estimate of drug-likeness (QED) is 0.423. The summed E-state index contributed by atoms with van der Waals surface area (Å²) in [6.45, 7) is 8.38. The van der Waals surface area contributed by atoms with Crippen LogP contribution in [0.2, 0.25) is 0 Å². The summed E-state index contributed by atoms with van der Waals surface area (Å²) in [5.41, 5.74) is 0. The molecule has 0 aromatic rings. The van der Waals surface area contributed by atoms with Gasteiger partial charge in [0.15, 0.2) is 0 Å². The molecule has 21 heavy (non-hydrogen) atoms. The van der Waals surface area contributed by atoms with Crippen molar-refractivity contribution < 1.29 is 22.0 Å². The summed E-state index contributed by atoms with van der Waals surface area (Å²) >= 11 is 0. The van der Waals surface area contributed by atoms with E-state index in [1.165, 1.54) is 14.8 Å². The molecule has 1 atom stereocenters. The lowest BCUT2D eigenvalue weighted by Crippen LogP contribution is -2.35. The number of hydrogen-bond donors (Lipinski definition) is 2. The van der Waals surface area contributed by atoms with Gasteiger partial charge in [0.05, 0.1) is 32.3 Å². The molecule has 0 rings (SSSR count). The fourth-order valence-electron chi connectivity index (χ4n) is 1.53. The van der Waals surface area contributed by atoms with Gasteiger partial charge in [0.2, 0.25) is 2.86 Å². The SMILES string of the molecule is [2H]OCC(CO[2H])OP(OCCC#N)N(C(C)C)C(C)C.[3H]C.[3H]C. The van der Waals surface area contributed by atoms with Gasteiger partial charge >= 0.3 is 0 Å². The molecule has 6 nitrogen and oxygen atoms in total. The Labute approximate surface area is 137 Å². The first-order valence-electron chi connectivity index (χ1n) is 9.20. The number of nitriles is 1. The molecule has 0 radical (unpaired) electrons. The third-order valence-corrected chi connectivity index (χ3v) is 4.46. The maximum atomic E-state index is 8.62. The average molecular weight is 330 g/mol. The molecule has 0 heterocycles. The van der Waals surface area contributed by atoms with E-state index in [1.807, 2.05) is 33.8 Å². The van der Waals surface area contributed by atoms with Crippen LogP contribution in [0.1, 0.15) is 51.7 Å². The molecule has 0 saturated heterocycles. The first-order valence-corrected chi connectivity index (χ1v) is 7.52. The van der Waals surface area contributed by atoms with Crippen molar-refractivity contribution in [1.29, 1.82) is 8.12 Å². The van der Waals surface area contributed by atoms with Gasteiger partial charge in [-0.3, -0.25) is 0 Å². The maximum Gasteiger partial charge on any atom is 0.259 e. The molecule has 128 valence electrons. The fourth-order valence-corrected chi connectivity index (χ4v) is 3.21. The molecule has 1 unspecified atom stereocenters. The molecule has 0 amide bonds.